The van der Waals surface area contributed by atoms with E-state index in [2.05, 4.69) is 66.6 Å². The first-order valence-corrected chi connectivity index (χ1v) is 23.7. The summed E-state index contributed by atoms with van der Waals surface area (Å²) in [5.41, 5.74) is 5.51. The van der Waals surface area contributed by atoms with Crippen molar-refractivity contribution in [3.05, 3.63) is 99.9 Å². The van der Waals surface area contributed by atoms with Gasteiger partial charge in [-0.15, -0.1) is 10.2 Å². The number of aliphatic hydroxyl groups excluding tert-OH is 1. The second-order valence-electron chi connectivity index (χ2n) is 16.9. The standard InChI is InChI=1S/C23H30ClN5O.C20H27ClN6O4S/c1-17(2)25-21-7-12-29(26-21)22(30)27-13-9-23(10-14-27)8-4-11-28(23)16-19-5-6-20(24)18(3)15-19;1-32(30,31)23-19-5-7-27(22-19)20(29)25-10-8-24(9-11-25)13-15-2-3-17(21)18(12-15)26-6-4-16(28)14-26/h5-7,12,15H,1,4,8-11,13-14,16H2,2-3H3,(H,25,26);2-3,5,7,12,16,28H,4,6,8-11,13-14H2,1H3,(H,22,23)/t;16-/m.1/s1. The predicted molar refractivity (Wildman–Crippen MR) is 243 cm³/mol. The number of hydrogen-bond donors (Lipinski definition) is 3. The highest BCUT2D eigenvalue weighted by Gasteiger charge is 2.44. The number of nitrogens with one attached hydrogen (secondary N) is 2. The fourth-order valence-electron chi connectivity index (χ4n) is 8.84. The van der Waals surface area contributed by atoms with Crippen LogP contribution in [0.4, 0.5) is 26.9 Å². The molecule has 4 aromatic rings. The van der Waals surface area contributed by atoms with Gasteiger partial charge in [0, 0.05) is 106 Å². The summed E-state index contributed by atoms with van der Waals surface area (Å²) in [6.07, 6.45) is 9.06. The van der Waals surface area contributed by atoms with E-state index < -0.39 is 10.0 Å². The van der Waals surface area contributed by atoms with Crippen molar-refractivity contribution in [3.63, 3.8) is 0 Å². The Morgan fingerprint density at radius 1 is 0.823 bits per heavy atom. The van der Waals surface area contributed by atoms with Crippen LogP contribution < -0.4 is 14.9 Å². The number of aliphatic hydroxyl groups is 1. The lowest BCUT2D eigenvalue weighted by Crippen LogP contribution is -2.53. The van der Waals surface area contributed by atoms with E-state index in [0.717, 1.165) is 97.0 Å². The highest BCUT2D eigenvalue weighted by molar-refractivity contribution is 7.92. The average Bonchev–Trinajstić information content (AvgIpc) is 4.06. The molecule has 8 rings (SSSR count). The minimum absolute atomic E-state index is 0.0579. The molecule has 2 amide bonds. The molecule has 0 saturated carbocycles. The number of hydrogen-bond acceptors (Lipinski definition) is 11. The van der Waals surface area contributed by atoms with Crippen LogP contribution in [0.25, 0.3) is 0 Å². The molecular weight excluding hydrogens is 854 g/mol. The second-order valence-corrected chi connectivity index (χ2v) is 19.5. The summed E-state index contributed by atoms with van der Waals surface area (Å²) >= 11 is 12.6. The molecule has 16 nitrogen and oxygen atoms in total. The first-order valence-electron chi connectivity index (χ1n) is 21.1. The van der Waals surface area contributed by atoms with Gasteiger partial charge in [0.05, 0.1) is 23.1 Å². The third-order valence-corrected chi connectivity index (χ3v) is 13.4. The zero-order chi connectivity index (χ0) is 44.2. The van der Waals surface area contributed by atoms with Crippen LogP contribution in [0.1, 0.15) is 55.7 Å². The molecule has 0 radical (unpaired) electrons. The van der Waals surface area contributed by atoms with Crippen molar-refractivity contribution in [2.24, 2.45) is 0 Å². The van der Waals surface area contributed by atoms with Gasteiger partial charge in [0.15, 0.2) is 11.6 Å². The molecule has 0 aliphatic carbocycles. The summed E-state index contributed by atoms with van der Waals surface area (Å²) in [5.74, 6) is 0.758. The summed E-state index contributed by atoms with van der Waals surface area (Å²) in [6, 6.07) is 15.2. The number of nitrogens with zero attached hydrogens (tertiary/aromatic N) is 9. The predicted octanol–water partition coefficient (Wildman–Crippen LogP) is 6.15. The Kier molecular flexibility index (Phi) is 14.2. The molecule has 3 N–H and O–H groups in total. The molecule has 1 atom stereocenters. The van der Waals surface area contributed by atoms with E-state index in [1.165, 1.54) is 35.4 Å². The monoisotopic (exact) mass is 909 g/mol. The van der Waals surface area contributed by atoms with Crippen LogP contribution in [0.5, 0.6) is 0 Å². The minimum atomic E-state index is -3.45. The molecule has 62 heavy (non-hydrogen) atoms. The molecule has 0 bridgehead atoms. The Balaban J connectivity index is 0.000000187. The van der Waals surface area contributed by atoms with Crippen molar-refractivity contribution in [1.82, 2.24) is 39.2 Å². The molecule has 4 saturated heterocycles. The number of likely N-dealkylation sites (tertiary alicyclic amines) is 2. The van der Waals surface area contributed by atoms with Crippen LogP contribution in [0.15, 0.2) is 73.2 Å². The van der Waals surface area contributed by atoms with E-state index in [0.29, 0.717) is 43.6 Å². The van der Waals surface area contributed by atoms with E-state index in [1.54, 1.807) is 17.2 Å². The second kappa shape index (κ2) is 19.4. The average molecular weight is 911 g/mol. The Labute approximate surface area is 374 Å². The van der Waals surface area contributed by atoms with Gasteiger partial charge in [-0.2, -0.15) is 9.36 Å². The molecule has 0 unspecified atom stereocenters. The van der Waals surface area contributed by atoms with Crippen molar-refractivity contribution in [2.45, 2.75) is 70.7 Å². The Hall–Kier alpha value is -4.65. The fraction of sp³-hybridized carbons (Fsp3) is 0.488. The van der Waals surface area contributed by atoms with E-state index in [-0.39, 0.29) is 29.5 Å². The van der Waals surface area contributed by atoms with Crippen LogP contribution in [0.2, 0.25) is 10.0 Å². The molecule has 4 aliphatic rings. The van der Waals surface area contributed by atoms with Gasteiger partial charge in [0.2, 0.25) is 10.0 Å². The molecule has 19 heteroatoms. The van der Waals surface area contributed by atoms with E-state index in [1.807, 2.05) is 30.0 Å². The molecule has 2 aromatic carbocycles. The number of allylic oxidation sites excluding steroid dienone is 1. The van der Waals surface area contributed by atoms with Crippen LogP contribution in [0, 0.1) is 6.92 Å². The fourth-order valence-corrected chi connectivity index (χ4v) is 9.69. The van der Waals surface area contributed by atoms with Crippen molar-refractivity contribution in [3.8, 4) is 0 Å². The van der Waals surface area contributed by atoms with Gasteiger partial charge in [-0.05, 0) is 87.4 Å². The number of benzene rings is 2. The first-order chi connectivity index (χ1) is 29.5. The lowest BCUT2D eigenvalue weighted by molar-refractivity contribution is 0.0585. The maximum Gasteiger partial charge on any atom is 0.344 e. The van der Waals surface area contributed by atoms with Gasteiger partial charge in [-0.1, -0.05) is 48.0 Å². The van der Waals surface area contributed by atoms with Crippen molar-refractivity contribution in [1.29, 1.82) is 0 Å². The number of carbonyl (C=O) groups is 2. The number of anilines is 3. The third-order valence-electron chi connectivity index (χ3n) is 12.1. The number of halogens is 2. The number of aromatic nitrogens is 4. The van der Waals surface area contributed by atoms with Gasteiger partial charge in [0.1, 0.15) is 0 Å². The number of amides is 2. The van der Waals surface area contributed by atoms with Gasteiger partial charge in [0.25, 0.3) is 0 Å². The summed E-state index contributed by atoms with van der Waals surface area (Å²) in [6.45, 7) is 16.0. The number of carbonyl (C=O) groups excluding carboxylic acids is 2. The Morgan fingerprint density at radius 3 is 2.05 bits per heavy atom. The van der Waals surface area contributed by atoms with Crippen LogP contribution in [0.3, 0.4) is 0 Å². The quantitative estimate of drug-likeness (QED) is 0.177. The number of aryl methyl sites for hydroxylation is 1. The topological polar surface area (TPSA) is 164 Å². The summed E-state index contributed by atoms with van der Waals surface area (Å²) in [5, 5.41) is 22.7. The number of sulfonamides is 1. The molecular formula is C43H57Cl2N11O5S. The number of rotatable bonds is 9. The van der Waals surface area contributed by atoms with Crippen molar-refractivity contribution in [2.75, 3.05) is 80.1 Å². The first kappa shape index (κ1) is 45.4. The highest BCUT2D eigenvalue weighted by atomic mass is 35.5. The number of piperazine rings is 1. The Morgan fingerprint density at radius 2 is 1.44 bits per heavy atom. The number of piperidine rings is 1. The summed E-state index contributed by atoms with van der Waals surface area (Å²) in [7, 11) is -3.45. The van der Waals surface area contributed by atoms with Crippen LogP contribution in [-0.4, -0.2) is 142 Å². The van der Waals surface area contributed by atoms with E-state index in [9.17, 15) is 23.1 Å². The normalized spacial score (nSPS) is 19.4. The van der Waals surface area contributed by atoms with Crippen LogP contribution in [-0.2, 0) is 23.1 Å². The van der Waals surface area contributed by atoms with E-state index >= 15 is 0 Å². The van der Waals surface area contributed by atoms with E-state index in [4.69, 9.17) is 23.2 Å². The van der Waals surface area contributed by atoms with Crippen molar-refractivity contribution >= 4 is 62.6 Å². The molecule has 4 fully saturated rings. The minimum Gasteiger partial charge on any atom is -0.391 e. The largest absolute Gasteiger partial charge is 0.391 e. The molecule has 334 valence electrons. The maximum atomic E-state index is 12.9. The summed E-state index contributed by atoms with van der Waals surface area (Å²) < 4.78 is 27.5. The zero-order valence-electron chi connectivity index (χ0n) is 35.6. The van der Waals surface area contributed by atoms with Gasteiger partial charge < -0.3 is 25.1 Å². The smallest absolute Gasteiger partial charge is 0.344 e. The Bertz CT molecular complexity index is 2360. The third kappa shape index (κ3) is 11.3. The van der Waals surface area contributed by atoms with Gasteiger partial charge in [-0.25, -0.2) is 18.0 Å². The lowest BCUT2D eigenvalue weighted by Gasteiger charge is -2.45. The molecule has 2 aromatic heterocycles. The zero-order valence-corrected chi connectivity index (χ0v) is 38.0. The molecule has 1 spiro atoms. The molecule has 4 aliphatic heterocycles. The SMILES string of the molecule is C=C(C)Nc1ccn(C(=O)N2CCC3(CCCN3Cc3ccc(Cl)c(C)c3)CC2)n1.CS(=O)(=O)Nc1ccn(C(=O)N2CCN(Cc3ccc(Cl)c(N4CC[C@@H](O)C4)c3)CC2)n1. The lowest BCUT2D eigenvalue weighted by atomic mass is 9.84. The van der Waals surface area contributed by atoms with Gasteiger partial charge in [-0.3, -0.25) is 14.5 Å². The van der Waals surface area contributed by atoms with Gasteiger partial charge >= 0.3 is 12.1 Å². The summed E-state index contributed by atoms with van der Waals surface area (Å²) in [4.78, 5) is 36.2. The highest BCUT2D eigenvalue weighted by Crippen LogP contribution is 2.40. The number of β-amino-alcohol motifs (C(OH)–C–C–N with tert-alkyl or cyclic N) is 1. The maximum absolute atomic E-state index is 12.9. The van der Waals surface area contributed by atoms with Crippen molar-refractivity contribution < 1.29 is 23.1 Å². The molecule has 6 heterocycles. The van der Waals surface area contributed by atoms with Crippen LogP contribution >= 0.6 is 23.2 Å².